The molecular formula is C19H14OS. The van der Waals surface area contributed by atoms with Gasteiger partial charge in [0.2, 0.25) is 0 Å². The van der Waals surface area contributed by atoms with Gasteiger partial charge in [-0.2, -0.15) is 0 Å². The maximum atomic E-state index is 12.6. The van der Waals surface area contributed by atoms with Gasteiger partial charge < -0.3 is 0 Å². The van der Waals surface area contributed by atoms with Gasteiger partial charge >= 0.3 is 0 Å². The van der Waals surface area contributed by atoms with Crippen LogP contribution in [0.15, 0.2) is 83.8 Å². The summed E-state index contributed by atoms with van der Waals surface area (Å²) in [4.78, 5) is 13.3. The van der Waals surface area contributed by atoms with Crippen LogP contribution in [0.25, 0.3) is 11.1 Å². The molecule has 3 aromatic rings. The van der Waals surface area contributed by atoms with Crippen LogP contribution in [0.3, 0.4) is 0 Å². The minimum absolute atomic E-state index is 0.00150. The van der Waals surface area contributed by atoms with Gasteiger partial charge in [-0.25, -0.2) is 0 Å². The number of thiol groups is 1. The molecule has 0 spiro atoms. The molecular weight excluding hydrogens is 276 g/mol. The standard InChI is InChI=1S/C19H14OS/c20-18(15-10-5-2-6-11-15)17-13-7-12-16(19(17)21)14-8-3-1-4-9-14/h1-13,21H. The van der Waals surface area contributed by atoms with Crippen molar-refractivity contribution in [2.45, 2.75) is 4.90 Å². The Morgan fingerprint density at radius 1 is 0.714 bits per heavy atom. The van der Waals surface area contributed by atoms with E-state index in [2.05, 4.69) is 12.6 Å². The van der Waals surface area contributed by atoms with E-state index in [9.17, 15) is 4.79 Å². The Balaban J connectivity index is 2.08. The summed E-state index contributed by atoms with van der Waals surface area (Å²) >= 11 is 4.59. The molecule has 0 aliphatic heterocycles. The van der Waals surface area contributed by atoms with Crippen molar-refractivity contribution in [3.8, 4) is 11.1 Å². The van der Waals surface area contributed by atoms with E-state index >= 15 is 0 Å². The van der Waals surface area contributed by atoms with E-state index in [4.69, 9.17) is 0 Å². The summed E-state index contributed by atoms with van der Waals surface area (Å²) in [5, 5.41) is 0. The molecule has 0 saturated heterocycles. The second kappa shape index (κ2) is 5.98. The zero-order valence-electron chi connectivity index (χ0n) is 11.4. The average Bonchev–Trinajstić information content (AvgIpc) is 2.56. The normalized spacial score (nSPS) is 10.3. The Morgan fingerprint density at radius 3 is 2.00 bits per heavy atom. The van der Waals surface area contributed by atoms with Crippen molar-refractivity contribution < 1.29 is 4.79 Å². The van der Waals surface area contributed by atoms with E-state index in [1.807, 2.05) is 78.9 Å². The van der Waals surface area contributed by atoms with Crippen LogP contribution in [-0.4, -0.2) is 5.78 Å². The fourth-order valence-corrected chi connectivity index (χ4v) is 2.70. The third-order valence-electron chi connectivity index (χ3n) is 3.40. The largest absolute Gasteiger partial charge is 0.289 e. The van der Waals surface area contributed by atoms with Gasteiger partial charge in [-0.15, -0.1) is 12.6 Å². The first kappa shape index (κ1) is 13.7. The average molecular weight is 290 g/mol. The third kappa shape index (κ3) is 2.76. The molecule has 102 valence electrons. The first-order chi connectivity index (χ1) is 10.3. The second-order valence-corrected chi connectivity index (χ2v) is 5.21. The summed E-state index contributed by atoms with van der Waals surface area (Å²) in [5.74, 6) is -0.00150. The molecule has 0 saturated carbocycles. The predicted molar refractivity (Wildman–Crippen MR) is 89.0 cm³/mol. The summed E-state index contributed by atoms with van der Waals surface area (Å²) in [5.41, 5.74) is 3.34. The number of carbonyl (C=O) groups excluding carboxylic acids is 1. The molecule has 21 heavy (non-hydrogen) atoms. The molecule has 0 fully saturated rings. The summed E-state index contributed by atoms with van der Waals surface area (Å²) in [6.45, 7) is 0. The number of rotatable bonds is 3. The summed E-state index contributed by atoms with van der Waals surface area (Å²) in [6, 6.07) is 25.0. The molecule has 0 atom stereocenters. The van der Waals surface area contributed by atoms with Crippen LogP contribution in [0, 0.1) is 0 Å². The van der Waals surface area contributed by atoms with Gasteiger partial charge in [0, 0.05) is 16.0 Å². The SMILES string of the molecule is O=C(c1ccccc1)c1cccc(-c2ccccc2)c1S. The highest BCUT2D eigenvalue weighted by atomic mass is 32.1. The van der Waals surface area contributed by atoms with Gasteiger partial charge in [0.25, 0.3) is 0 Å². The molecule has 0 aliphatic carbocycles. The predicted octanol–water partition coefficient (Wildman–Crippen LogP) is 4.87. The first-order valence-electron chi connectivity index (χ1n) is 6.74. The van der Waals surface area contributed by atoms with Gasteiger partial charge in [0.15, 0.2) is 5.78 Å². The molecule has 0 radical (unpaired) electrons. The van der Waals surface area contributed by atoms with Crippen LogP contribution < -0.4 is 0 Å². The van der Waals surface area contributed by atoms with Crippen LogP contribution >= 0.6 is 12.6 Å². The van der Waals surface area contributed by atoms with Crippen LogP contribution in [0.5, 0.6) is 0 Å². The molecule has 0 bridgehead atoms. The molecule has 3 rings (SSSR count). The molecule has 0 aliphatic rings. The topological polar surface area (TPSA) is 17.1 Å². The zero-order chi connectivity index (χ0) is 14.7. The lowest BCUT2D eigenvalue weighted by Crippen LogP contribution is -2.03. The monoisotopic (exact) mass is 290 g/mol. The van der Waals surface area contributed by atoms with Gasteiger partial charge in [-0.05, 0) is 17.2 Å². The van der Waals surface area contributed by atoms with Crippen molar-refractivity contribution in [2.24, 2.45) is 0 Å². The van der Waals surface area contributed by atoms with Crippen LogP contribution in [0.1, 0.15) is 15.9 Å². The highest BCUT2D eigenvalue weighted by Gasteiger charge is 2.14. The van der Waals surface area contributed by atoms with Crippen molar-refractivity contribution in [1.29, 1.82) is 0 Å². The third-order valence-corrected chi connectivity index (χ3v) is 3.88. The number of hydrogen-bond donors (Lipinski definition) is 1. The lowest BCUT2D eigenvalue weighted by atomic mass is 9.98. The van der Waals surface area contributed by atoms with Crippen LogP contribution in [-0.2, 0) is 0 Å². The van der Waals surface area contributed by atoms with Gasteiger partial charge in [0.1, 0.15) is 0 Å². The quantitative estimate of drug-likeness (QED) is 0.538. The first-order valence-corrected chi connectivity index (χ1v) is 7.19. The number of carbonyl (C=O) groups is 1. The van der Waals surface area contributed by atoms with Crippen molar-refractivity contribution in [3.63, 3.8) is 0 Å². The lowest BCUT2D eigenvalue weighted by Gasteiger charge is -2.10. The van der Waals surface area contributed by atoms with E-state index in [1.165, 1.54) is 0 Å². The van der Waals surface area contributed by atoms with Crippen LogP contribution in [0.2, 0.25) is 0 Å². The number of hydrogen-bond acceptors (Lipinski definition) is 2. The summed E-state index contributed by atoms with van der Waals surface area (Å²) in [6.07, 6.45) is 0. The van der Waals surface area contributed by atoms with E-state index in [0.29, 0.717) is 11.1 Å². The molecule has 2 heteroatoms. The maximum Gasteiger partial charge on any atom is 0.194 e. The fourth-order valence-electron chi connectivity index (χ4n) is 2.32. The van der Waals surface area contributed by atoms with E-state index in [1.54, 1.807) is 0 Å². The molecule has 0 amide bonds. The summed E-state index contributed by atoms with van der Waals surface area (Å²) < 4.78 is 0. The highest BCUT2D eigenvalue weighted by molar-refractivity contribution is 7.80. The van der Waals surface area contributed by atoms with E-state index in [-0.39, 0.29) is 5.78 Å². The Hall–Kier alpha value is -2.32. The van der Waals surface area contributed by atoms with E-state index in [0.717, 1.165) is 16.0 Å². The lowest BCUT2D eigenvalue weighted by molar-refractivity contribution is 0.103. The second-order valence-electron chi connectivity index (χ2n) is 4.76. The zero-order valence-corrected chi connectivity index (χ0v) is 12.3. The van der Waals surface area contributed by atoms with Crippen molar-refractivity contribution in [1.82, 2.24) is 0 Å². The molecule has 3 aromatic carbocycles. The molecule has 0 unspecified atom stereocenters. The minimum atomic E-state index is -0.00150. The summed E-state index contributed by atoms with van der Waals surface area (Å²) in [7, 11) is 0. The van der Waals surface area contributed by atoms with Gasteiger partial charge in [-0.1, -0.05) is 72.8 Å². The molecule has 0 aromatic heterocycles. The Bertz CT molecular complexity index is 764. The molecule has 0 heterocycles. The molecule has 0 N–H and O–H groups in total. The highest BCUT2D eigenvalue weighted by Crippen LogP contribution is 2.30. The Morgan fingerprint density at radius 2 is 1.33 bits per heavy atom. The van der Waals surface area contributed by atoms with Gasteiger partial charge in [-0.3, -0.25) is 4.79 Å². The maximum absolute atomic E-state index is 12.6. The smallest absolute Gasteiger partial charge is 0.194 e. The Labute approximate surface area is 129 Å². The fraction of sp³-hybridized carbons (Fsp3) is 0. The minimum Gasteiger partial charge on any atom is -0.289 e. The van der Waals surface area contributed by atoms with Gasteiger partial charge in [0.05, 0.1) is 0 Å². The van der Waals surface area contributed by atoms with Crippen molar-refractivity contribution in [3.05, 3.63) is 90.0 Å². The Kier molecular flexibility index (Phi) is 3.89. The van der Waals surface area contributed by atoms with E-state index < -0.39 is 0 Å². The molecule has 1 nitrogen and oxygen atoms in total. The van der Waals surface area contributed by atoms with Crippen LogP contribution in [0.4, 0.5) is 0 Å². The number of benzene rings is 3. The van der Waals surface area contributed by atoms with Crippen molar-refractivity contribution >= 4 is 18.4 Å². The van der Waals surface area contributed by atoms with Crippen molar-refractivity contribution in [2.75, 3.05) is 0 Å². The number of ketones is 1.